The Labute approximate surface area is 146 Å². The third kappa shape index (κ3) is 2.57. The number of thiocarbonyl (C=S) groups is 1. The molecule has 24 heavy (non-hydrogen) atoms. The molecule has 128 valence electrons. The molecule has 0 bridgehead atoms. The number of aryl methyl sites for hydroxylation is 1. The normalized spacial score (nSPS) is 23.9. The van der Waals surface area contributed by atoms with Crippen LogP contribution in [0.15, 0.2) is 24.3 Å². The van der Waals surface area contributed by atoms with Crippen LogP contribution in [0.2, 0.25) is 0 Å². The molecule has 1 spiro atoms. The number of amides is 2. The van der Waals surface area contributed by atoms with Gasteiger partial charge in [0, 0.05) is 12.3 Å². The van der Waals surface area contributed by atoms with Gasteiger partial charge in [-0.25, -0.2) is 4.79 Å². The first-order valence-corrected chi connectivity index (χ1v) is 8.42. The van der Waals surface area contributed by atoms with Crippen molar-refractivity contribution in [3.8, 4) is 0 Å². The van der Waals surface area contributed by atoms with E-state index >= 15 is 0 Å². The molecule has 2 fully saturated rings. The lowest BCUT2D eigenvalue weighted by Crippen LogP contribution is -2.55. The smallest absolute Gasteiger partial charge is 0.423 e. The first-order valence-electron chi connectivity index (χ1n) is 8.01. The van der Waals surface area contributed by atoms with Crippen LogP contribution in [0, 0.1) is 6.92 Å². The highest BCUT2D eigenvalue weighted by Crippen LogP contribution is 2.39. The van der Waals surface area contributed by atoms with Gasteiger partial charge in [-0.1, -0.05) is 17.7 Å². The largest absolute Gasteiger partial charge is 0.449 e. The topological polar surface area (TPSA) is 59.1 Å². The average Bonchev–Trinajstić information content (AvgIpc) is 2.77. The standard InChI is InChI=1S/C17H20N2O4S/c1-3-23-16(21)18-14(20)17(9-4-10-22-11-17)19(15(18)24)13-7-5-12(2)6-8-13/h5-8H,3-4,9-11H2,1-2H3/t17-/m1/s1. The fourth-order valence-electron chi connectivity index (χ4n) is 3.20. The predicted molar refractivity (Wildman–Crippen MR) is 92.9 cm³/mol. The van der Waals surface area contributed by atoms with Crippen molar-refractivity contribution in [2.75, 3.05) is 24.7 Å². The van der Waals surface area contributed by atoms with E-state index in [1.54, 1.807) is 11.8 Å². The van der Waals surface area contributed by atoms with Gasteiger partial charge in [0.05, 0.1) is 13.2 Å². The van der Waals surface area contributed by atoms with Crippen LogP contribution in [-0.4, -0.2) is 47.4 Å². The molecule has 7 heteroatoms. The molecule has 2 amide bonds. The maximum absolute atomic E-state index is 13.1. The first-order chi connectivity index (χ1) is 11.5. The number of ether oxygens (including phenoxy) is 2. The third-order valence-corrected chi connectivity index (χ3v) is 4.74. The van der Waals surface area contributed by atoms with Gasteiger partial charge in [-0.15, -0.1) is 0 Å². The molecule has 0 unspecified atom stereocenters. The number of carbonyl (C=O) groups is 2. The average molecular weight is 348 g/mol. The Morgan fingerprint density at radius 3 is 2.67 bits per heavy atom. The molecule has 6 nitrogen and oxygen atoms in total. The molecule has 0 N–H and O–H groups in total. The lowest BCUT2D eigenvalue weighted by Gasteiger charge is -2.38. The van der Waals surface area contributed by atoms with Crippen LogP contribution in [0.1, 0.15) is 25.3 Å². The molecule has 0 aliphatic carbocycles. The van der Waals surface area contributed by atoms with Gasteiger partial charge in [-0.3, -0.25) is 4.79 Å². The minimum absolute atomic E-state index is 0.146. The summed E-state index contributed by atoms with van der Waals surface area (Å²) in [5.74, 6) is -0.369. The summed E-state index contributed by atoms with van der Waals surface area (Å²) < 4.78 is 10.6. The quantitative estimate of drug-likeness (QED) is 0.766. The maximum atomic E-state index is 13.1. The number of hydrogen-bond acceptors (Lipinski definition) is 5. The Balaban J connectivity index is 2.06. The van der Waals surface area contributed by atoms with Gasteiger partial charge in [-0.05, 0) is 51.0 Å². The van der Waals surface area contributed by atoms with E-state index in [4.69, 9.17) is 21.7 Å². The minimum Gasteiger partial charge on any atom is -0.449 e. The van der Waals surface area contributed by atoms with Gasteiger partial charge in [-0.2, -0.15) is 4.90 Å². The van der Waals surface area contributed by atoms with Crippen molar-refractivity contribution < 1.29 is 19.1 Å². The highest BCUT2D eigenvalue weighted by molar-refractivity contribution is 7.80. The Morgan fingerprint density at radius 2 is 2.08 bits per heavy atom. The van der Waals surface area contributed by atoms with E-state index in [1.165, 1.54) is 0 Å². The van der Waals surface area contributed by atoms with Crippen LogP contribution < -0.4 is 4.90 Å². The highest BCUT2D eigenvalue weighted by atomic mass is 32.1. The van der Waals surface area contributed by atoms with E-state index in [0.717, 1.165) is 22.6 Å². The summed E-state index contributed by atoms with van der Waals surface area (Å²) in [6.45, 7) is 4.66. The Kier molecular flexibility index (Phi) is 4.56. The summed E-state index contributed by atoms with van der Waals surface area (Å²) in [6.07, 6.45) is 0.579. The van der Waals surface area contributed by atoms with Crippen LogP contribution in [-0.2, 0) is 14.3 Å². The minimum atomic E-state index is -0.975. The fraction of sp³-hybridized carbons (Fsp3) is 0.471. The van der Waals surface area contributed by atoms with Crippen molar-refractivity contribution in [1.29, 1.82) is 0 Å². The first kappa shape index (κ1) is 16.9. The second kappa shape index (κ2) is 6.49. The van der Waals surface area contributed by atoms with E-state index in [-0.39, 0.29) is 24.2 Å². The molecular weight excluding hydrogens is 328 g/mol. The van der Waals surface area contributed by atoms with Crippen molar-refractivity contribution >= 4 is 35.0 Å². The number of nitrogens with zero attached hydrogens (tertiary/aromatic N) is 2. The second-order valence-electron chi connectivity index (χ2n) is 5.98. The number of benzene rings is 1. The molecule has 1 aromatic rings. The van der Waals surface area contributed by atoms with Crippen molar-refractivity contribution in [1.82, 2.24) is 4.90 Å². The van der Waals surface area contributed by atoms with Gasteiger partial charge in [0.15, 0.2) is 10.7 Å². The van der Waals surface area contributed by atoms with Crippen LogP contribution in [0.5, 0.6) is 0 Å². The van der Waals surface area contributed by atoms with Crippen molar-refractivity contribution in [2.45, 2.75) is 32.2 Å². The van der Waals surface area contributed by atoms with Crippen LogP contribution in [0.25, 0.3) is 0 Å². The number of carbonyl (C=O) groups excluding carboxylic acids is 2. The zero-order chi connectivity index (χ0) is 17.3. The Morgan fingerprint density at radius 1 is 1.38 bits per heavy atom. The molecule has 0 radical (unpaired) electrons. The number of hydrogen-bond donors (Lipinski definition) is 0. The zero-order valence-electron chi connectivity index (χ0n) is 13.8. The summed E-state index contributed by atoms with van der Waals surface area (Å²) in [4.78, 5) is 28.0. The Bertz CT molecular complexity index is 668. The van der Waals surface area contributed by atoms with Crippen LogP contribution in [0.4, 0.5) is 10.5 Å². The summed E-state index contributed by atoms with van der Waals surface area (Å²) in [7, 11) is 0. The summed E-state index contributed by atoms with van der Waals surface area (Å²) >= 11 is 5.47. The van der Waals surface area contributed by atoms with Crippen molar-refractivity contribution in [3.05, 3.63) is 29.8 Å². The summed E-state index contributed by atoms with van der Waals surface area (Å²) in [5, 5.41) is 0.146. The van der Waals surface area contributed by atoms with Crippen LogP contribution >= 0.6 is 12.2 Å². The third-order valence-electron chi connectivity index (χ3n) is 4.37. The number of imide groups is 1. The van der Waals surface area contributed by atoms with Gasteiger partial charge in [0.2, 0.25) is 0 Å². The van der Waals surface area contributed by atoms with Crippen molar-refractivity contribution in [2.24, 2.45) is 0 Å². The molecule has 3 rings (SSSR count). The van der Waals surface area contributed by atoms with Gasteiger partial charge >= 0.3 is 6.09 Å². The maximum Gasteiger partial charge on any atom is 0.423 e. The summed E-state index contributed by atoms with van der Waals surface area (Å²) in [6, 6.07) is 7.71. The van der Waals surface area contributed by atoms with E-state index < -0.39 is 11.6 Å². The molecule has 0 saturated carbocycles. The lowest BCUT2D eigenvalue weighted by molar-refractivity contribution is -0.133. The highest BCUT2D eigenvalue weighted by Gasteiger charge is 2.59. The lowest BCUT2D eigenvalue weighted by atomic mass is 9.90. The molecule has 2 saturated heterocycles. The van der Waals surface area contributed by atoms with Gasteiger partial charge < -0.3 is 14.4 Å². The molecule has 0 aromatic heterocycles. The zero-order valence-corrected chi connectivity index (χ0v) is 14.6. The monoisotopic (exact) mass is 348 g/mol. The predicted octanol–water partition coefficient (Wildman–Crippen LogP) is 2.63. The number of anilines is 1. The fourth-order valence-corrected chi connectivity index (χ4v) is 3.64. The molecule has 1 aromatic carbocycles. The molecule has 2 aliphatic rings. The van der Waals surface area contributed by atoms with Crippen LogP contribution in [0.3, 0.4) is 0 Å². The molecule has 2 heterocycles. The van der Waals surface area contributed by atoms with Gasteiger partial charge in [0.1, 0.15) is 0 Å². The van der Waals surface area contributed by atoms with E-state index in [1.807, 2.05) is 31.2 Å². The van der Waals surface area contributed by atoms with Gasteiger partial charge in [0.25, 0.3) is 5.91 Å². The van der Waals surface area contributed by atoms with E-state index in [9.17, 15) is 9.59 Å². The molecule has 2 aliphatic heterocycles. The SMILES string of the molecule is CCOC(=O)N1C(=O)[C@]2(CCCOC2)N(c2ccc(C)cc2)C1=S. The summed E-state index contributed by atoms with van der Waals surface area (Å²) in [5.41, 5.74) is 0.903. The number of rotatable bonds is 2. The van der Waals surface area contributed by atoms with Crippen molar-refractivity contribution in [3.63, 3.8) is 0 Å². The molecule has 1 atom stereocenters. The van der Waals surface area contributed by atoms with E-state index in [2.05, 4.69) is 0 Å². The second-order valence-corrected chi connectivity index (χ2v) is 6.35. The molecular formula is C17H20N2O4S. The Hall–Kier alpha value is -1.99. The van der Waals surface area contributed by atoms with E-state index in [0.29, 0.717) is 13.0 Å².